The number of aryl methyl sites for hydroxylation is 2. The van der Waals surface area contributed by atoms with Crippen LogP contribution >= 0.6 is 0 Å². The van der Waals surface area contributed by atoms with Crippen molar-refractivity contribution in [2.75, 3.05) is 5.32 Å². The summed E-state index contributed by atoms with van der Waals surface area (Å²) in [4.78, 5) is 11.9. The highest BCUT2D eigenvalue weighted by Gasteiger charge is 2.13. The fraction of sp³-hybridized carbons (Fsp3) is 0.231. The van der Waals surface area contributed by atoms with Crippen LogP contribution in [-0.4, -0.2) is 11.1 Å². The molecule has 0 aliphatic carbocycles. The Morgan fingerprint density at radius 3 is 2.88 bits per heavy atom. The van der Waals surface area contributed by atoms with Gasteiger partial charge in [0.2, 0.25) is 5.76 Å². The summed E-state index contributed by atoms with van der Waals surface area (Å²) in [5.41, 5.74) is 3.01. The van der Waals surface area contributed by atoms with Gasteiger partial charge in [-0.25, -0.2) is 0 Å². The van der Waals surface area contributed by atoms with Crippen LogP contribution < -0.4 is 5.32 Å². The highest BCUT2D eigenvalue weighted by atomic mass is 16.5. The summed E-state index contributed by atoms with van der Waals surface area (Å²) < 4.78 is 4.82. The maximum absolute atomic E-state index is 11.9. The second-order valence-corrected chi connectivity index (χ2v) is 3.79. The Bertz CT molecular complexity index is 518. The average Bonchev–Trinajstić information content (AvgIpc) is 2.85. The molecule has 1 aromatic heterocycles. The highest BCUT2D eigenvalue weighted by Crippen LogP contribution is 2.21. The normalized spacial score (nSPS) is 10.2. The molecule has 2 aromatic rings. The summed E-state index contributed by atoms with van der Waals surface area (Å²) >= 11 is 0. The lowest BCUT2D eigenvalue weighted by Gasteiger charge is -2.11. The number of carbonyl (C=O) groups excluding carboxylic acids is 1. The first-order valence-electron chi connectivity index (χ1n) is 5.53. The van der Waals surface area contributed by atoms with Gasteiger partial charge in [-0.15, -0.1) is 0 Å². The predicted molar refractivity (Wildman–Crippen MR) is 65.0 cm³/mol. The number of carbonyl (C=O) groups is 1. The number of aromatic nitrogens is 1. The molecule has 0 saturated heterocycles. The van der Waals surface area contributed by atoms with Crippen molar-refractivity contribution in [3.8, 4) is 0 Å². The van der Waals surface area contributed by atoms with Crippen LogP contribution in [0, 0.1) is 6.92 Å². The van der Waals surface area contributed by atoms with E-state index in [-0.39, 0.29) is 11.7 Å². The highest BCUT2D eigenvalue weighted by molar-refractivity contribution is 6.03. The molecule has 1 N–H and O–H groups in total. The second-order valence-electron chi connectivity index (χ2n) is 3.79. The van der Waals surface area contributed by atoms with Gasteiger partial charge in [-0.1, -0.05) is 30.3 Å². The Morgan fingerprint density at radius 2 is 2.24 bits per heavy atom. The van der Waals surface area contributed by atoms with Gasteiger partial charge in [0.1, 0.15) is 0 Å². The van der Waals surface area contributed by atoms with Gasteiger partial charge in [0.15, 0.2) is 0 Å². The Hall–Kier alpha value is -2.10. The summed E-state index contributed by atoms with van der Waals surface area (Å²) in [6.45, 7) is 4.02. The van der Waals surface area contributed by atoms with E-state index in [0.717, 1.165) is 23.2 Å². The molecule has 1 aromatic carbocycles. The molecule has 4 heteroatoms. The van der Waals surface area contributed by atoms with E-state index in [9.17, 15) is 4.79 Å². The van der Waals surface area contributed by atoms with Gasteiger partial charge in [-0.3, -0.25) is 4.79 Å². The first kappa shape index (κ1) is 11.4. The maximum Gasteiger partial charge on any atom is 0.294 e. The van der Waals surface area contributed by atoms with Gasteiger partial charge in [-0.05, 0) is 24.5 Å². The predicted octanol–water partition coefficient (Wildman–Crippen LogP) is 2.80. The zero-order chi connectivity index (χ0) is 12.3. The smallest absolute Gasteiger partial charge is 0.294 e. The third-order valence-electron chi connectivity index (χ3n) is 2.64. The van der Waals surface area contributed by atoms with Crippen LogP contribution in [0.5, 0.6) is 0 Å². The number of hydrogen-bond donors (Lipinski definition) is 1. The van der Waals surface area contributed by atoms with Crippen molar-refractivity contribution in [1.29, 1.82) is 0 Å². The zero-order valence-electron chi connectivity index (χ0n) is 9.86. The largest absolute Gasteiger partial charge is 0.351 e. The van der Waals surface area contributed by atoms with E-state index in [4.69, 9.17) is 4.52 Å². The van der Waals surface area contributed by atoms with Crippen molar-refractivity contribution < 1.29 is 9.32 Å². The number of nitrogens with zero attached hydrogens (tertiary/aromatic N) is 1. The topological polar surface area (TPSA) is 55.1 Å². The average molecular weight is 230 g/mol. The van der Waals surface area contributed by atoms with Crippen LogP contribution in [0.2, 0.25) is 0 Å². The molecule has 1 heterocycles. The lowest BCUT2D eigenvalue weighted by molar-refractivity contribution is 0.0987. The monoisotopic (exact) mass is 230 g/mol. The van der Waals surface area contributed by atoms with Gasteiger partial charge in [0.05, 0.1) is 6.20 Å². The molecule has 0 aliphatic heterocycles. The minimum Gasteiger partial charge on any atom is -0.351 e. The first-order chi connectivity index (χ1) is 8.22. The van der Waals surface area contributed by atoms with Crippen molar-refractivity contribution in [1.82, 2.24) is 5.16 Å². The minimum atomic E-state index is -0.272. The Morgan fingerprint density at radius 1 is 1.41 bits per heavy atom. The fourth-order valence-corrected chi connectivity index (χ4v) is 1.71. The number of hydrogen-bond acceptors (Lipinski definition) is 3. The Kier molecular flexibility index (Phi) is 3.23. The van der Waals surface area contributed by atoms with E-state index in [1.165, 1.54) is 6.20 Å². The minimum absolute atomic E-state index is 0.218. The van der Waals surface area contributed by atoms with Crippen LogP contribution in [0.4, 0.5) is 5.69 Å². The first-order valence-corrected chi connectivity index (χ1v) is 5.53. The van der Waals surface area contributed by atoms with Crippen LogP contribution in [0.3, 0.4) is 0 Å². The van der Waals surface area contributed by atoms with Crippen LogP contribution in [0.1, 0.15) is 28.6 Å². The summed E-state index contributed by atoms with van der Waals surface area (Å²) in [6.07, 6.45) is 2.32. The van der Waals surface area contributed by atoms with E-state index in [0.29, 0.717) is 0 Å². The number of amides is 1. The van der Waals surface area contributed by atoms with Crippen LogP contribution in [0.15, 0.2) is 35.0 Å². The van der Waals surface area contributed by atoms with Crippen molar-refractivity contribution >= 4 is 11.6 Å². The number of para-hydroxylation sites is 1. The van der Waals surface area contributed by atoms with E-state index >= 15 is 0 Å². The summed E-state index contributed by atoms with van der Waals surface area (Å²) in [5, 5.41) is 6.37. The van der Waals surface area contributed by atoms with Crippen molar-refractivity contribution in [2.45, 2.75) is 20.3 Å². The van der Waals surface area contributed by atoms with E-state index in [1.54, 1.807) is 6.07 Å². The summed E-state index contributed by atoms with van der Waals surface area (Å²) in [7, 11) is 0. The summed E-state index contributed by atoms with van der Waals surface area (Å²) in [5.74, 6) is -0.0539. The number of rotatable bonds is 3. The quantitative estimate of drug-likeness (QED) is 0.882. The molecular weight excluding hydrogens is 216 g/mol. The standard InChI is InChI=1S/C13H14N2O2/c1-3-10-6-4-5-9(2)12(10)15-13(16)11-7-8-14-17-11/h4-8H,3H2,1-2H3,(H,15,16). The van der Waals surface area contributed by atoms with Crippen LogP contribution in [-0.2, 0) is 6.42 Å². The third-order valence-corrected chi connectivity index (χ3v) is 2.64. The second kappa shape index (κ2) is 4.82. The van der Waals surface area contributed by atoms with Gasteiger partial charge in [-0.2, -0.15) is 0 Å². The third kappa shape index (κ3) is 2.36. The van der Waals surface area contributed by atoms with Crippen LogP contribution in [0.25, 0.3) is 0 Å². The molecule has 88 valence electrons. The Balaban J connectivity index is 2.27. The van der Waals surface area contributed by atoms with Gasteiger partial charge in [0, 0.05) is 11.8 Å². The molecule has 0 bridgehead atoms. The van der Waals surface area contributed by atoms with Crippen molar-refractivity contribution in [2.24, 2.45) is 0 Å². The molecule has 1 amide bonds. The molecule has 0 radical (unpaired) electrons. The van der Waals surface area contributed by atoms with Gasteiger partial charge in [0.25, 0.3) is 5.91 Å². The van der Waals surface area contributed by atoms with Crippen molar-refractivity contribution in [3.05, 3.63) is 47.3 Å². The van der Waals surface area contributed by atoms with E-state index in [1.807, 2.05) is 25.1 Å². The molecule has 0 saturated carbocycles. The number of benzene rings is 1. The summed E-state index contributed by atoms with van der Waals surface area (Å²) in [6, 6.07) is 7.50. The van der Waals surface area contributed by atoms with Crippen molar-refractivity contribution in [3.63, 3.8) is 0 Å². The molecule has 4 nitrogen and oxygen atoms in total. The maximum atomic E-state index is 11.9. The molecule has 0 aliphatic rings. The lowest BCUT2D eigenvalue weighted by Crippen LogP contribution is -2.13. The SMILES string of the molecule is CCc1cccc(C)c1NC(=O)c1ccno1. The van der Waals surface area contributed by atoms with E-state index < -0.39 is 0 Å². The molecule has 17 heavy (non-hydrogen) atoms. The van der Waals surface area contributed by atoms with Gasteiger partial charge < -0.3 is 9.84 Å². The van der Waals surface area contributed by atoms with E-state index in [2.05, 4.69) is 17.4 Å². The molecule has 0 fully saturated rings. The number of nitrogens with one attached hydrogen (secondary N) is 1. The molecule has 0 atom stereocenters. The molecule has 2 rings (SSSR count). The number of anilines is 1. The Labute approximate surface area is 99.6 Å². The zero-order valence-corrected chi connectivity index (χ0v) is 9.86. The molecule has 0 spiro atoms. The molecule has 0 unspecified atom stereocenters. The lowest BCUT2D eigenvalue weighted by atomic mass is 10.1. The fourth-order valence-electron chi connectivity index (χ4n) is 1.71. The van der Waals surface area contributed by atoms with Gasteiger partial charge >= 0.3 is 0 Å². The molecular formula is C13H14N2O2.